The highest BCUT2D eigenvalue weighted by atomic mass is 32.1. The summed E-state index contributed by atoms with van der Waals surface area (Å²) in [6.07, 6.45) is 1.07. The van der Waals surface area contributed by atoms with E-state index >= 15 is 0 Å². The van der Waals surface area contributed by atoms with Crippen LogP contribution in [0.2, 0.25) is 0 Å². The summed E-state index contributed by atoms with van der Waals surface area (Å²) in [7, 11) is 0. The Kier molecular flexibility index (Phi) is 3.31. The minimum Gasteiger partial charge on any atom is -0.320 e. The minimum absolute atomic E-state index is 0.355. The molecule has 0 saturated heterocycles. The van der Waals surface area contributed by atoms with Gasteiger partial charge >= 0.3 is 0 Å². The number of rotatable bonds is 3. The van der Waals surface area contributed by atoms with Crippen LogP contribution in [-0.4, -0.2) is 4.98 Å². The number of nitrogens with zero attached hydrogens (tertiary/aromatic N) is 1. The third-order valence-corrected chi connectivity index (χ3v) is 3.90. The summed E-state index contributed by atoms with van der Waals surface area (Å²) in [6, 6.07) is 8.56. The first kappa shape index (κ1) is 12.3. The van der Waals surface area contributed by atoms with Crippen LogP contribution < -0.4 is 5.73 Å². The Morgan fingerprint density at radius 1 is 1.24 bits per heavy atom. The second kappa shape index (κ2) is 4.59. The maximum absolute atomic E-state index is 6.04. The maximum atomic E-state index is 6.04. The van der Waals surface area contributed by atoms with E-state index in [9.17, 15) is 0 Å². The zero-order valence-corrected chi connectivity index (χ0v) is 11.3. The van der Waals surface area contributed by atoms with E-state index in [4.69, 9.17) is 5.73 Å². The van der Waals surface area contributed by atoms with Gasteiger partial charge in [-0.15, -0.1) is 11.3 Å². The number of aryl methyl sites for hydroxylation is 1. The first-order valence-electron chi connectivity index (χ1n) is 5.85. The predicted molar refractivity (Wildman–Crippen MR) is 74.1 cm³/mol. The highest BCUT2D eigenvalue weighted by molar-refractivity contribution is 7.10. The topological polar surface area (TPSA) is 38.9 Å². The van der Waals surface area contributed by atoms with Crippen LogP contribution in [0.3, 0.4) is 0 Å². The van der Waals surface area contributed by atoms with Gasteiger partial charge in [0, 0.05) is 10.9 Å². The molecule has 0 aliphatic heterocycles. The van der Waals surface area contributed by atoms with Crippen molar-refractivity contribution >= 4 is 11.3 Å². The van der Waals surface area contributed by atoms with Crippen LogP contribution in [0.4, 0.5) is 0 Å². The molecule has 90 valence electrons. The van der Waals surface area contributed by atoms with Crippen molar-refractivity contribution < 1.29 is 0 Å². The highest BCUT2D eigenvalue weighted by Crippen LogP contribution is 2.27. The summed E-state index contributed by atoms with van der Waals surface area (Å²) in [5.74, 6) is 0. The average Bonchev–Trinajstić information content (AvgIpc) is 2.78. The minimum atomic E-state index is -0.355. The van der Waals surface area contributed by atoms with Gasteiger partial charge in [-0.25, -0.2) is 4.98 Å². The molecule has 2 nitrogen and oxygen atoms in total. The van der Waals surface area contributed by atoms with Crippen molar-refractivity contribution in [1.29, 1.82) is 0 Å². The van der Waals surface area contributed by atoms with Gasteiger partial charge in [-0.2, -0.15) is 0 Å². The first-order chi connectivity index (χ1) is 8.00. The number of nitrogens with two attached hydrogens (primary N) is 1. The van der Waals surface area contributed by atoms with E-state index in [0.717, 1.165) is 22.7 Å². The molecule has 0 spiro atoms. The fraction of sp³-hybridized carbons (Fsp3) is 0.357. The molecule has 0 atom stereocenters. The van der Waals surface area contributed by atoms with E-state index in [1.807, 2.05) is 13.8 Å². The fourth-order valence-electron chi connectivity index (χ4n) is 1.61. The van der Waals surface area contributed by atoms with E-state index < -0.39 is 0 Å². The quantitative estimate of drug-likeness (QED) is 0.899. The number of thiazole rings is 1. The lowest BCUT2D eigenvalue weighted by Crippen LogP contribution is -2.28. The zero-order valence-electron chi connectivity index (χ0n) is 10.5. The van der Waals surface area contributed by atoms with Gasteiger partial charge in [-0.05, 0) is 25.8 Å². The summed E-state index contributed by atoms with van der Waals surface area (Å²) in [5, 5.41) is 3.05. The van der Waals surface area contributed by atoms with Gasteiger partial charge in [0.25, 0.3) is 0 Å². The fourth-order valence-corrected chi connectivity index (χ4v) is 2.48. The molecule has 1 aromatic carbocycles. The zero-order chi connectivity index (χ0) is 12.5. The summed E-state index contributed by atoms with van der Waals surface area (Å²) >= 11 is 1.63. The summed E-state index contributed by atoms with van der Waals surface area (Å²) in [6.45, 7) is 6.12. The van der Waals surface area contributed by atoms with Crippen LogP contribution in [0.25, 0.3) is 11.3 Å². The van der Waals surface area contributed by atoms with Crippen molar-refractivity contribution in [2.45, 2.75) is 32.7 Å². The molecule has 2 rings (SSSR count). The Labute approximate surface area is 107 Å². The molecule has 0 aliphatic rings. The Morgan fingerprint density at radius 2 is 1.88 bits per heavy atom. The second-order valence-electron chi connectivity index (χ2n) is 4.81. The lowest BCUT2D eigenvalue weighted by Gasteiger charge is -2.13. The van der Waals surface area contributed by atoms with E-state index in [1.165, 1.54) is 5.56 Å². The van der Waals surface area contributed by atoms with Gasteiger partial charge in [-0.1, -0.05) is 31.2 Å². The number of hydrogen-bond acceptors (Lipinski definition) is 3. The van der Waals surface area contributed by atoms with Crippen molar-refractivity contribution in [2.24, 2.45) is 5.73 Å². The monoisotopic (exact) mass is 246 g/mol. The lowest BCUT2D eigenvalue weighted by atomic mass is 10.1. The highest BCUT2D eigenvalue weighted by Gasteiger charge is 2.18. The average molecular weight is 246 g/mol. The molecule has 1 heterocycles. The van der Waals surface area contributed by atoms with Crippen molar-refractivity contribution in [3.63, 3.8) is 0 Å². The molecule has 0 saturated carbocycles. The predicted octanol–water partition coefficient (Wildman–Crippen LogP) is 3.57. The Morgan fingerprint density at radius 3 is 2.35 bits per heavy atom. The molecule has 2 N–H and O–H groups in total. The molecule has 0 radical (unpaired) electrons. The number of aromatic nitrogens is 1. The van der Waals surface area contributed by atoms with E-state index in [2.05, 4.69) is 41.6 Å². The largest absolute Gasteiger partial charge is 0.320 e. The molecule has 17 heavy (non-hydrogen) atoms. The second-order valence-corrected chi connectivity index (χ2v) is 5.67. The Bertz CT molecular complexity index is 492. The van der Waals surface area contributed by atoms with Gasteiger partial charge in [0.2, 0.25) is 0 Å². The van der Waals surface area contributed by atoms with Gasteiger partial charge in [0.05, 0.1) is 11.2 Å². The molecular formula is C14H18N2S. The summed E-state index contributed by atoms with van der Waals surface area (Å²) in [4.78, 5) is 4.60. The normalized spacial score (nSPS) is 11.8. The van der Waals surface area contributed by atoms with Crippen LogP contribution >= 0.6 is 11.3 Å². The molecule has 0 aliphatic carbocycles. The molecule has 3 heteroatoms. The van der Waals surface area contributed by atoms with Crippen molar-refractivity contribution in [2.75, 3.05) is 0 Å². The Balaban J connectivity index is 2.30. The first-order valence-corrected chi connectivity index (χ1v) is 6.73. The van der Waals surface area contributed by atoms with Crippen molar-refractivity contribution in [1.82, 2.24) is 4.98 Å². The van der Waals surface area contributed by atoms with Crippen molar-refractivity contribution in [3.8, 4) is 11.3 Å². The van der Waals surface area contributed by atoms with Crippen LogP contribution in [0.15, 0.2) is 29.6 Å². The van der Waals surface area contributed by atoms with Crippen molar-refractivity contribution in [3.05, 3.63) is 40.2 Å². The number of benzene rings is 1. The van der Waals surface area contributed by atoms with Crippen LogP contribution in [0, 0.1) is 0 Å². The van der Waals surface area contributed by atoms with Crippen LogP contribution in [0.1, 0.15) is 31.3 Å². The molecule has 2 aromatic rings. The third kappa shape index (κ3) is 2.73. The lowest BCUT2D eigenvalue weighted by molar-refractivity contribution is 0.551. The van der Waals surface area contributed by atoms with Crippen LogP contribution in [0.5, 0.6) is 0 Å². The van der Waals surface area contributed by atoms with Crippen LogP contribution in [-0.2, 0) is 12.0 Å². The molecule has 0 amide bonds. The van der Waals surface area contributed by atoms with E-state index in [-0.39, 0.29) is 5.54 Å². The molecule has 0 fully saturated rings. The third-order valence-electron chi connectivity index (χ3n) is 2.71. The molecule has 1 aromatic heterocycles. The summed E-state index contributed by atoms with van der Waals surface area (Å²) in [5.41, 5.74) is 9.22. The van der Waals surface area contributed by atoms with Gasteiger partial charge in [-0.3, -0.25) is 0 Å². The molecule has 0 unspecified atom stereocenters. The summed E-state index contributed by atoms with van der Waals surface area (Å²) < 4.78 is 0. The smallest absolute Gasteiger partial charge is 0.113 e. The van der Waals surface area contributed by atoms with E-state index in [0.29, 0.717) is 0 Å². The maximum Gasteiger partial charge on any atom is 0.113 e. The number of hydrogen-bond donors (Lipinski definition) is 1. The SMILES string of the molecule is CCc1ccc(-c2csc(C(C)(C)N)n2)cc1. The molecule has 0 bridgehead atoms. The Hall–Kier alpha value is -1.19. The molecular weight excluding hydrogens is 228 g/mol. The van der Waals surface area contributed by atoms with E-state index in [1.54, 1.807) is 11.3 Å². The van der Waals surface area contributed by atoms with Gasteiger partial charge in [0.1, 0.15) is 5.01 Å². The standard InChI is InChI=1S/C14H18N2S/c1-4-10-5-7-11(8-6-10)12-9-17-13(16-12)14(2,3)15/h5-9H,4,15H2,1-3H3. The van der Waals surface area contributed by atoms with Gasteiger partial charge < -0.3 is 5.73 Å². The van der Waals surface area contributed by atoms with Gasteiger partial charge in [0.15, 0.2) is 0 Å².